The molecule has 9 aliphatic rings. The second-order valence-corrected chi connectivity index (χ2v) is 28.6. The minimum atomic E-state index is -5.17. The summed E-state index contributed by atoms with van der Waals surface area (Å²) in [5.74, 6) is -2.37. The van der Waals surface area contributed by atoms with Crippen LogP contribution in [0.5, 0.6) is 0 Å². The van der Waals surface area contributed by atoms with Gasteiger partial charge in [0.1, 0.15) is 0 Å². The number of rotatable bonds is 0. The van der Waals surface area contributed by atoms with Crippen molar-refractivity contribution in [3.63, 3.8) is 0 Å². The van der Waals surface area contributed by atoms with Crippen molar-refractivity contribution in [2.45, 2.75) is 135 Å². The van der Waals surface area contributed by atoms with Crippen molar-refractivity contribution in [1.29, 1.82) is 0 Å². The van der Waals surface area contributed by atoms with E-state index in [2.05, 4.69) is 42.5 Å². The van der Waals surface area contributed by atoms with E-state index < -0.39 is 167 Å². The van der Waals surface area contributed by atoms with Gasteiger partial charge in [-0.2, -0.15) is 0 Å². The number of alkyl halides is 16. The van der Waals surface area contributed by atoms with Crippen LogP contribution in [0, 0.1) is 47.3 Å². The van der Waals surface area contributed by atoms with E-state index >= 15 is 0 Å². The van der Waals surface area contributed by atoms with E-state index in [1.807, 2.05) is 0 Å². The van der Waals surface area contributed by atoms with Crippen LogP contribution in [-0.4, -0.2) is 223 Å². The molecular weight excluding hydrogens is 1410 g/mol. The van der Waals surface area contributed by atoms with Gasteiger partial charge in [0.25, 0.3) is 0 Å². The van der Waals surface area contributed by atoms with Gasteiger partial charge in [0.2, 0.25) is 0 Å². The summed E-state index contributed by atoms with van der Waals surface area (Å²) in [6, 6.07) is 0. The number of nitrogens with one attached hydrogen (secondary N) is 8. The van der Waals surface area contributed by atoms with Crippen molar-refractivity contribution in [3.05, 3.63) is 0 Å². The van der Waals surface area contributed by atoms with Gasteiger partial charge in [-0.25, -0.2) is 0 Å². The molecule has 4 aliphatic carbocycles. The fourth-order valence-corrected chi connectivity index (χ4v) is 18.7. The van der Waals surface area contributed by atoms with Crippen LogP contribution in [-0.2, 0) is 31.2 Å². The Morgan fingerprint density at radius 1 is 0.205 bits per heavy atom. The number of halogens is 16. The molecule has 9 fully saturated rings. The summed E-state index contributed by atoms with van der Waals surface area (Å²) in [5.41, 5.74) is 0. The molecule has 20 nitrogen and oxygen atoms in total. The molecule has 0 aromatic carbocycles. The number of hydrogen-bond acceptors (Lipinski definition) is 20. The van der Waals surface area contributed by atoms with Gasteiger partial charge in [0.05, 0.1) is 135 Å². The first-order valence-electron chi connectivity index (χ1n) is 20.8. The molecule has 24 unspecified atom stereocenters. The van der Waals surface area contributed by atoms with E-state index in [9.17, 15) is 0 Å². The zero-order valence-corrected chi connectivity index (χ0v) is 52.7. The second-order valence-electron chi connectivity index (χ2n) is 18.1. The quantitative estimate of drug-likeness (QED) is 0.0733. The first kappa shape index (κ1) is 70.5. The Morgan fingerprint density at radius 3 is 0.342 bits per heavy atom. The summed E-state index contributed by atoms with van der Waals surface area (Å²) < 4.78 is 102. The maximum Gasteiger partial charge on any atom is 3.00 e. The van der Waals surface area contributed by atoms with E-state index in [1.165, 1.54) is 0 Å². The molecule has 5 aliphatic heterocycles. The van der Waals surface area contributed by atoms with Gasteiger partial charge in [0, 0.05) is 78.5 Å². The largest absolute Gasteiger partial charge is 3.00 e. The van der Waals surface area contributed by atoms with Crippen molar-refractivity contribution in [2.75, 3.05) is 0 Å². The number of fused-ring (bicyclic) bond motifs is 20. The standard InChI is InChI=1S/C32H40Cl16N8.2Al.3H2O4S/c33-9-1-2(10(34)18(42)17(9)41)26-49-25(1)53-27-3-4(12(36)20(44)19(43)11(3)35)29(50-27)55-31-7-8(16(40)24(48)23(47)15(7)39)32(52-31)56-30-6-5(28(51-30)54-26)13(37)21(45)22(46)14(6)38;;;3*1-5(2,3)4/h1-32,49-56H;;;3*(H2,1,2,3,4)/q;2*+3;;;/p-6. The molecule has 5 heterocycles. The van der Waals surface area contributed by atoms with Crippen LogP contribution >= 0.6 is 186 Å². The Kier molecular flexibility index (Phi) is 26.6. The molecule has 5 saturated heterocycles. The van der Waals surface area contributed by atoms with Crippen LogP contribution in [0.2, 0.25) is 0 Å². The third-order valence-corrected chi connectivity index (χ3v) is 24.7. The molecule has 416 valence electrons. The Bertz CT molecular complexity index is 1830. The van der Waals surface area contributed by atoms with E-state index in [4.69, 9.17) is 238 Å². The third kappa shape index (κ3) is 15.9. The first-order chi connectivity index (χ1) is 32.4. The molecule has 9 rings (SSSR count). The van der Waals surface area contributed by atoms with Crippen LogP contribution in [0.15, 0.2) is 0 Å². The Labute approximate surface area is 523 Å². The van der Waals surface area contributed by atoms with Gasteiger partial charge in [-0.15, -0.1) is 186 Å². The van der Waals surface area contributed by atoms with Crippen molar-refractivity contribution in [1.82, 2.24) is 42.5 Å². The average Bonchev–Trinajstić information content (AvgIpc) is 3.99. The van der Waals surface area contributed by atoms with Crippen LogP contribution in [0.3, 0.4) is 0 Å². The number of hydrogen-bond donors (Lipinski definition) is 8. The molecule has 8 N–H and O–H groups in total. The fraction of sp³-hybridized carbons (Fsp3) is 1.00. The van der Waals surface area contributed by atoms with Gasteiger partial charge in [-0.3, -0.25) is 67.8 Å². The molecule has 0 amide bonds. The molecule has 0 radical (unpaired) electrons. The van der Waals surface area contributed by atoms with Crippen LogP contribution in [0.1, 0.15) is 0 Å². The van der Waals surface area contributed by atoms with Gasteiger partial charge < -0.3 is 27.3 Å². The maximum atomic E-state index is 8.52. The third-order valence-electron chi connectivity index (χ3n) is 14.3. The average molecular weight is 1450 g/mol. The smallest absolute Gasteiger partial charge is 0.759 e. The predicted molar refractivity (Wildman–Crippen MR) is 280 cm³/mol. The van der Waals surface area contributed by atoms with Gasteiger partial charge in [-0.05, 0) is 0 Å². The Morgan fingerprint density at radius 2 is 0.274 bits per heavy atom. The molecule has 73 heavy (non-hydrogen) atoms. The van der Waals surface area contributed by atoms with Gasteiger partial charge in [0.15, 0.2) is 0 Å². The summed E-state index contributed by atoms with van der Waals surface area (Å²) in [6.45, 7) is 0. The Balaban J connectivity index is 0.000000599. The molecule has 0 aromatic heterocycles. The summed E-state index contributed by atoms with van der Waals surface area (Å²) in [6.07, 6.45) is -3.49. The minimum absolute atomic E-state index is 0. The van der Waals surface area contributed by atoms with Crippen molar-refractivity contribution >= 4 is 252 Å². The second kappa shape index (κ2) is 27.6. The maximum absolute atomic E-state index is 8.52. The van der Waals surface area contributed by atoms with Crippen LogP contribution < -0.4 is 42.5 Å². The summed E-state index contributed by atoms with van der Waals surface area (Å²) in [4.78, 5) is 0. The SMILES string of the molecule is ClC1C(Cl)C(Cl)C2C3NC(NC4NC(NC5NC(NC6NC(N3)C3C(Cl)C(Cl)C(Cl)C(Cl)C63)C3C(Cl)C(Cl)C(Cl)C(Cl)C53)C3C(Cl)C(Cl)C(Cl)C(Cl)C43)C2C1Cl.O=S(=O)([O-])[O-].O=S(=O)([O-])[O-].O=S(=O)([O-])[O-].[Al+3].[Al+3]. The van der Waals surface area contributed by atoms with Crippen molar-refractivity contribution < 1.29 is 52.6 Å². The van der Waals surface area contributed by atoms with Crippen LogP contribution in [0.25, 0.3) is 0 Å². The van der Waals surface area contributed by atoms with Crippen LogP contribution in [0.4, 0.5) is 0 Å². The molecule has 0 aromatic rings. The molecule has 0 spiro atoms. The monoisotopic (exact) mass is 1440 g/mol. The first-order valence-corrected chi connectivity index (χ1v) is 31.8. The summed E-state index contributed by atoms with van der Waals surface area (Å²) in [7, 11) is -15.5. The van der Waals surface area contributed by atoms with E-state index in [0.29, 0.717) is 0 Å². The topological polar surface area (TPSA) is 337 Å². The predicted octanol–water partition coefficient (Wildman–Crippen LogP) is 1.31. The Hall–Kier alpha value is 4.99. The molecule has 24 atom stereocenters. The van der Waals surface area contributed by atoms with E-state index in [0.717, 1.165) is 0 Å². The summed E-state index contributed by atoms with van der Waals surface area (Å²) in [5, 5.41) is 21.0. The van der Waals surface area contributed by atoms with Crippen molar-refractivity contribution in [2.24, 2.45) is 47.3 Å². The molecule has 4 saturated carbocycles. The molecule has 8 bridgehead atoms. The fourth-order valence-electron chi connectivity index (χ4n) is 11.8. The summed E-state index contributed by atoms with van der Waals surface area (Å²) >= 11 is 113. The normalized spacial score (nSPS) is 53.0. The van der Waals surface area contributed by atoms with Gasteiger partial charge >= 0.3 is 34.7 Å². The zero-order valence-electron chi connectivity index (χ0n) is 35.8. The molecular formula is C32H40Al2Cl16N8O12S3. The van der Waals surface area contributed by atoms with E-state index in [1.54, 1.807) is 0 Å². The van der Waals surface area contributed by atoms with Gasteiger partial charge in [-0.1, -0.05) is 0 Å². The van der Waals surface area contributed by atoms with Crippen molar-refractivity contribution in [3.8, 4) is 0 Å². The van der Waals surface area contributed by atoms with E-state index in [-0.39, 0.29) is 82.1 Å². The zero-order chi connectivity index (χ0) is 53.6. The minimum Gasteiger partial charge on any atom is -0.759 e. The molecule has 41 heteroatoms.